The predicted octanol–water partition coefficient (Wildman–Crippen LogP) is 1.25. The van der Waals surface area contributed by atoms with Crippen LogP contribution in [-0.4, -0.2) is 42.4 Å². The summed E-state index contributed by atoms with van der Waals surface area (Å²) in [4.78, 5) is 1.67. The SMILES string of the molecule is OCCN1CCC[C@H](C(F)(F)F)C1. The molecule has 1 saturated heterocycles. The number of piperidine rings is 1. The minimum absolute atomic E-state index is 0.0457. The van der Waals surface area contributed by atoms with Crippen LogP contribution in [0.4, 0.5) is 13.2 Å². The van der Waals surface area contributed by atoms with E-state index in [0.717, 1.165) is 0 Å². The molecule has 13 heavy (non-hydrogen) atoms. The van der Waals surface area contributed by atoms with E-state index >= 15 is 0 Å². The number of aliphatic hydroxyl groups is 1. The molecule has 0 radical (unpaired) electrons. The number of nitrogens with zero attached hydrogens (tertiary/aromatic N) is 1. The molecule has 0 bridgehead atoms. The zero-order valence-corrected chi connectivity index (χ0v) is 7.35. The van der Waals surface area contributed by atoms with Crippen LogP contribution >= 0.6 is 0 Å². The van der Waals surface area contributed by atoms with E-state index in [1.54, 1.807) is 4.90 Å². The molecule has 78 valence electrons. The molecule has 1 heterocycles. The molecule has 0 aromatic carbocycles. The van der Waals surface area contributed by atoms with Crippen molar-refractivity contribution in [1.29, 1.82) is 0 Å². The Labute approximate surface area is 75.3 Å². The molecular formula is C8H14F3NO. The summed E-state index contributed by atoms with van der Waals surface area (Å²) in [5.74, 6) is -1.20. The summed E-state index contributed by atoms with van der Waals surface area (Å²) in [5.41, 5.74) is 0. The minimum atomic E-state index is -4.08. The molecule has 0 saturated carbocycles. The first-order valence-corrected chi connectivity index (χ1v) is 4.44. The van der Waals surface area contributed by atoms with E-state index in [9.17, 15) is 13.2 Å². The Morgan fingerprint density at radius 3 is 2.62 bits per heavy atom. The molecule has 0 aliphatic carbocycles. The maximum atomic E-state index is 12.3. The molecule has 0 aromatic rings. The van der Waals surface area contributed by atoms with Gasteiger partial charge in [0.2, 0.25) is 0 Å². The molecule has 5 heteroatoms. The van der Waals surface area contributed by atoms with Gasteiger partial charge in [-0.2, -0.15) is 13.2 Å². The first kappa shape index (κ1) is 10.8. The number of halogens is 3. The van der Waals surface area contributed by atoms with Gasteiger partial charge in [-0.05, 0) is 19.4 Å². The van der Waals surface area contributed by atoms with Crippen LogP contribution in [0.2, 0.25) is 0 Å². The second kappa shape index (κ2) is 4.28. The summed E-state index contributed by atoms with van der Waals surface area (Å²) in [7, 11) is 0. The summed E-state index contributed by atoms with van der Waals surface area (Å²) < 4.78 is 36.8. The lowest BCUT2D eigenvalue weighted by Crippen LogP contribution is -2.42. The van der Waals surface area contributed by atoms with Gasteiger partial charge in [0.15, 0.2) is 0 Å². The van der Waals surface area contributed by atoms with Gasteiger partial charge in [-0.25, -0.2) is 0 Å². The van der Waals surface area contributed by atoms with Crippen LogP contribution in [-0.2, 0) is 0 Å². The van der Waals surface area contributed by atoms with E-state index in [4.69, 9.17) is 5.11 Å². The van der Waals surface area contributed by atoms with Crippen molar-refractivity contribution < 1.29 is 18.3 Å². The Kier molecular flexibility index (Phi) is 3.55. The molecule has 0 spiro atoms. The van der Waals surface area contributed by atoms with Crippen molar-refractivity contribution in [3.05, 3.63) is 0 Å². The average Bonchev–Trinajstić information content (AvgIpc) is 2.04. The van der Waals surface area contributed by atoms with Gasteiger partial charge in [0.25, 0.3) is 0 Å². The molecule has 0 aromatic heterocycles. The predicted molar refractivity (Wildman–Crippen MR) is 42.3 cm³/mol. The molecule has 1 atom stereocenters. The highest BCUT2D eigenvalue weighted by Crippen LogP contribution is 2.32. The molecule has 1 fully saturated rings. The van der Waals surface area contributed by atoms with Gasteiger partial charge in [0.05, 0.1) is 12.5 Å². The molecule has 0 amide bonds. The van der Waals surface area contributed by atoms with E-state index in [1.807, 2.05) is 0 Å². The highest BCUT2D eigenvalue weighted by Gasteiger charge is 2.41. The van der Waals surface area contributed by atoms with E-state index in [2.05, 4.69) is 0 Å². The van der Waals surface area contributed by atoms with Gasteiger partial charge < -0.3 is 10.0 Å². The van der Waals surface area contributed by atoms with Crippen LogP contribution < -0.4 is 0 Å². The second-order valence-electron chi connectivity index (χ2n) is 3.40. The smallest absolute Gasteiger partial charge is 0.393 e. The number of aliphatic hydroxyl groups excluding tert-OH is 1. The van der Waals surface area contributed by atoms with Crippen LogP contribution in [0.25, 0.3) is 0 Å². The minimum Gasteiger partial charge on any atom is -0.395 e. The lowest BCUT2D eigenvalue weighted by molar-refractivity contribution is -0.186. The normalized spacial score (nSPS) is 26.3. The lowest BCUT2D eigenvalue weighted by Gasteiger charge is -2.33. The average molecular weight is 197 g/mol. The van der Waals surface area contributed by atoms with Crippen molar-refractivity contribution in [3.63, 3.8) is 0 Å². The molecule has 0 unspecified atom stereocenters. The third-order valence-corrected chi connectivity index (χ3v) is 2.38. The van der Waals surface area contributed by atoms with Gasteiger partial charge in [0, 0.05) is 13.1 Å². The van der Waals surface area contributed by atoms with Crippen molar-refractivity contribution in [2.45, 2.75) is 19.0 Å². The molecule has 2 nitrogen and oxygen atoms in total. The monoisotopic (exact) mass is 197 g/mol. The Morgan fingerprint density at radius 2 is 2.08 bits per heavy atom. The first-order valence-electron chi connectivity index (χ1n) is 4.44. The number of alkyl halides is 3. The molecule has 1 aliphatic rings. The van der Waals surface area contributed by atoms with Gasteiger partial charge in [-0.3, -0.25) is 0 Å². The van der Waals surface area contributed by atoms with Crippen LogP contribution in [0.3, 0.4) is 0 Å². The standard InChI is InChI=1S/C8H14F3NO/c9-8(10,11)7-2-1-3-12(6-7)4-5-13/h7,13H,1-6H2/t7-/m0/s1. The second-order valence-corrected chi connectivity index (χ2v) is 3.40. The highest BCUT2D eigenvalue weighted by atomic mass is 19.4. The number of likely N-dealkylation sites (tertiary alicyclic amines) is 1. The molecule has 1 N–H and O–H groups in total. The van der Waals surface area contributed by atoms with Crippen LogP contribution in [0.5, 0.6) is 0 Å². The van der Waals surface area contributed by atoms with E-state index in [1.165, 1.54) is 0 Å². The summed E-state index contributed by atoms with van der Waals surface area (Å²) in [6, 6.07) is 0. The van der Waals surface area contributed by atoms with E-state index < -0.39 is 12.1 Å². The van der Waals surface area contributed by atoms with Crippen molar-refractivity contribution in [1.82, 2.24) is 4.90 Å². The number of hydrogen-bond acceptors (Lipinski definition) is 2. The molecular weight excluding hydrogens is 183 g/mol. The Bertz CT molecular complexity index is 158. The summed E-state index contributed by atoms with van der Waals surface area (Å²) in [5, 5.41) is 8.58. The Hall–Kier alpha value is -0.290. The topological polar surface area (TPSA) is 23.5 Å². The van der Waals surface area contributed by atoms with E-state index in [0.29, 0.717) is 19.5 Å². The maximum absolute atomic E-state index is 12.3. The van der Waals surface area contributed by atoms with Gasteiger partial charge in [-0.15, -0.1) is 0 Å². The van der Waals surface area contributed by atoms with Crippen molar-refractivity contribution in [3.8, 4) is 0 Å². The quantitative estimate of drug-likeness (QED) is 0.720. The third-order valence-electron chi connectivity index (χ3n) is 2.38. The van der Waals surface area contributed by atoms with Crippen molar-refractivity contribution in [2.24, 2.45) is 5.92 Å². The fourth-order valence-corrected chi connectivity index (χ4v) is 1.67. The lowest BCUT2D eigenvalue weighted by atomic mass is 9.98. The van der Waals surface area contributed by atoms with Gasteiger partial charge in [0.1, 0.15) is 0 Å². The zero-order valence-electron chi connectivity index (χ0n) is 7.35. The van der Waals surface area contributed by atoms with Crippen LogP contribution in [0.1, 0.15) is 12.8 Å². The molecule has 1 rings (SSSR count). The van der Waals surface area contributed by atoms with Crippen molar-refractivity contribution in [2.75, 3.05) is 26.2 Å². The van der Waals surface area contributed by atoms with Crippen LogP contribution in [0.15, 0.2) is 0 Å². The fraction of sp³-hybridized carbons (Fsp3) is 1.00. The summed E-state index contributed by atoms with van der Waals surface area (Å²) in [6.45, 7) is 1.01. The number of hydrogen-bond donors (Lipinski definition) is 1. The van der Waals surface area contributed by atoms with E-state index in [-0.39, 0.29) is 19.6 Å². The summed E-state index contributed by atoms with van der Waals surface area (Å²) in [6.07, 6.45) is -3.27. The Morgan fingerprint density at radius 1 is 1.38 bits per heavy atom. The third kappa shape index (κ3) is 3.15. The number of β-amino-alcohol motifs (C(OH)–C–C–N with tert-alkyl or cyclic N) is 1. The Balaban J connectivity index is 2.42. The maximum Gasteiger partial charge on any atom is 0.393 e. The van der Waals surface area contributed by atoms with Crippen molar-refractivity contribution >= 4 is 0 Å². The zero-order chi connectivity index (χ0) is 9.90. The largest absolute Gasteiger partial charge is 0.395 e. The first-order chi connectivity index (χ1) is 6.04. The number of rotatable bonds is 2. The molecule has 1 aliphatic heterocycles. The van der Waals surface area contributed by atoms with Gasteiger partial charge in [-0.1, -0.05) is 0 Å². The summed E-state index contributed by atoms with van der Waals surface area (Å²) >= 11 is 0. The highest BCUT2D eigenvalue weighted by molar-refractivity contribution is 4.77. The van der Waals surface area contributed by atoms with Crippen LogP contribution in [0, 0.1) is 5.92 Å². The van der Waals surface area contributed by atoms with Gasteiger partial charge >= 0.3 is 6.18 Å². The fourth-order valence-electron chi connectivity index (χ4n) is 1.67.